The Bertz CT molecular complexity index is 2050. The van der Waals surface area contributed by atoms with Crippen LogP contribution in [-0.4, -0.2) is 5.92 Å². The molecular formula is C45H50Cl2SiZr. The van der Waals surface area contributed by atoms with Crippen molar-refractivity contribution in [2.75, 3.05) is 0 Å². The fourth-order valence-corrected chi connectivity index (χ4v) is 17.4. The van der Waals surface area contributed by atoms with Crippen molar-refractivity contribution < 1.29 is 47.2 Å². The van der Waals surface area contributed by atoms with Crippen LogP contribution in [0.15, 0.2) is 90.5 Å². The molecule has 0 aromatic heterocycles. The third kappa shape index (κ3) is 6.90. The summed E-state index contributed by atoms with van der Waals surface area (Å²) in [5.41, 5.74) is 18.6. The molecule has 4 heteroatoms. The fraction of sp³-hybridized carbons (Fsp3) is 0.333. The smallest absolute Gasteiger partial charge is 1.00 e. The second-order valence-corrected chi connectivity index (χ2v) is 30.8. The number of hydrogen-bond acceptors (Lipinski definition) is 0. The first-order chi connectivity index (χ1) is 22.4. The zero-order valence-corrected chi connectivity index (χ0v) is 35.8. The summed E-state index contributed by atoms with van der Waals surface area (Å²) in [4.78, 5) is 0. The molecule has 1 atom stereocenters. The second-order valence-electron chi connectivity index (χ2n) is 16.3. The Hall–Kier alpha value is -2.22. The van der Waals surface area contributed by atoms with Crippen molar-refractivity contribution in [1.29, 1.82) is 0 Å². The molecule has 49 heavy (non-hydrogen) atoms. The summed E-state index contributed by atoms with van der Waals surface area (Å²) >= 11 is -0.763. The molecule has 0 saturated carbocycles. The van der Waals surface area contributed by atoms with Crippen LogP contribution >= 0.6 is 0 Å². The van der Waals surface area contributed by atoms with Gasteiger partial charge >= 0.3 is 298 Å². The zero-order valence-electron chi connectivity index (χ0n) is 30.7. The van der Waals surface area contributed by atoms with Gasteiger partial charge in [-0.25, -0.2) is 0 Å². The average Bonchev–Trinajstić information content (AvgIpc) is 3.57. The minimum Gasteiger partial charge on any atom is -1.00 e. The van der Waals surface area contributed by atoms with Crippen molar-refractivity contribution in [2.45, 2.75) is 97.6 Å². The first-order valence-electron chi connectivity index (χ1n) is 17.8. The van der Waals surface area contributed by atoms with Gasteiger partial charge in [0.05, 0.1) is 0 Å². The van der Waals surface area contributed by atoms with E-state index in [-0.39, 0.29) is 35.6 Å². The average molecular weight is 781 g/mol. The van der Waals surface area contributed by atoms with Gasteiger partial charge < -0.3 is 24.8 Å². The molecule has 0 nitrogen and oxygen atoms in total. The molecule has 0 radical (unpaired) electrons. The number of allylic oxidation sites excluding steroid dienone is 1. The Labute approximate surface area is 320 Å². The maximum Gasteiger partial charge on any atom is -1.00 e. The van der Waals surface area contributed by atoms with Crippen molar-refractivity contribution in [3.8, 4) is 22.3 Å². The van der Waals surface area contributed by atoms with Crippen molar-refractivity contribution >= 4 is 26.0 Å². The Morgan fingerprint density at radius 1 is 0.735 bits per heavy atom. The molecule has 0 aliphatic heterocycles. The van der Waals surface area contributed by atoms with Gasteiger partial charge in [0.1, 0.15) is 0 Å². The van der Waals surface area contributed by atoms with Gasteiger partial charge in [-0.1, -0.05) is 0 Å². The van der Waals surface area contributed by atoms with Gasteiger partial charge in [0, 0.05) is 0 Å². The Kier molecular flexibility index (Phi) is 11.2. The van der Waals surface area contributed by atoms with E-state index in [0.29, 0.717) is 5.92 Å². The van der Waals surface area contributed by atoms with Crippen molar-refractivity contribution in [3.63, 3.8) is 0 Å². The van der Waals surface area contributed by atoms with Gasteiger partial charge in [0.15, 0.2) is 0 Å². The molecular weight excluding hydrogens is 731 g/mol. The molecule has 2 aliphatic carbocycles. The maximum atomic E-state index is 2.68. The van der Waals surface area contributed by atoms with E-state index in [0.717, 1.165) is 12.8 Å². The third-order valence-electron chi connectivity index (χ3n) is 10.4. The standard InChI is InChI=1S/C43H43.C2H7Si.2ClH.Zr/c1-8-13-29-23-37-34(33-17-11-15-27-14-9-10-16-32(27)33)18-12-19-35(37)41(29)40-26-31(43(5,6)7)25-39-36-24-30(42(2,3)4)21-20-28(36)22-38(39)40;1-3-2;;;/h9-12,14-21,23-25,41H,8,13,22H2,1-7H3;3H,1-2H3;2*1H;/q;;;;+2/p-2. The monoisotopic (exact) mass is 778 g/mol. The maximum absolute atomic E-state index is 2.68. The Balaban J connectivity index is 0.00000234. The number of benzene rings is 5. The van der Waals surface area contributed by atoms with Gasteiger partial charge in [-0.2, -0.15) is 0 Å². The topological polar surface area (TPSA) is 0 Å². The molecule has 0 heterocycles. The van der Waals surface area contributed by atoms with E-state index >= 15 is 0 Å². The van der Waals surface area contributed by atoms with E-state index in [2.05, 4.69) is 153 Å². The molecule has 252 valence electrons. The molecule has 0 saturated heterocycles. The van der Waals surface area contributed by atoms with E-state index in [1.807, 2.05) is 3.27 Å². The van der Waals surface area contributed by atoms with E-state index in [9.17, 15) is 0 Å². The van der Waals surface area contributed by atoms with Crippen LogP contribution in [0.2, 0.25) is 13.1 Å². The predicted octanol–water partition coefficient (Wildman–Crippen LogP) is 5.70. The van der Waals surface area contributed by atoms with E-state index in [1.165, 1.54) is 61.7 Å². The number of hydrogen-bond donors (Lipinski definition) is 0. The third-order valence-corrected chi connectivity index (χ3v) is 19.0. The van der Waals surface area contributed by atoms with Crippen LogP contribution in [0.3, 0.4) is 0 Å². The molecule has 0 fully saturated rings. The largest absolute Gasteiger partial charge is 1.00 e. The normalized spacial score (nSPS) is 14.8. The Morgan fingerprint density at radius 2 is 1.43 bits per heavy atom. The van der Waals surface area contributed by atoms with Gasteiger partial charge in [0.2, 0.25) is 0 Å². The molecule has 1 unspecified atom stereocenters. The summed E-state index contributed by atoms with van der Waals surface area (Å²) in [6.45, 7) is 22.1. The summed E-state index contributed by atoms with van der Waals surface area (Å²) in [7, 11) is 0. The summed E-state index contributed by atoms with van der Waals surface area (Å²) < 4.78 is 1.83. The van der Waals surface area contributed by atoms with Crippen LogP contribution in [-0.2, 0) is 39.6 Å². The van der Waals surface area contributed by atoms with Crippen LogP contribution in [0.5, 0.6) is 0 Å². The number of halogens is 2. The molecule has 5 aromatic carbocycles. The fourth-order valence-electron chi connectivity index (χ4n) is 8.17. The van der Waals surface area contributed by atoms with E-state index in [1.54, 1.807) is 22.3 Å². The zero-order chi connectivity index (χ0) is 33.2. The predicted molar refractivity (Wildman–Crippen MR) is 205 cm³/mol. The van der Waals surface area contributed by atoms with Gasteiger partial charge in [0.25, 0.3) is 0 Å². The summed E-state index contributed by atoms with van der Waals surface area (Å²) in [5, 5.41) is 2.66. The van der Waals surface area contributed by atoms with Crippen LogP contribution in [0, 0.1) is 0 Å². The van der Waals surface area contributed by atoms with E-state index in [4.69, 9.17) is 0 Å². The molecule has 5 aromatic rings. The molecule has 0 bridgehead atoms. The first-order valence-corrected chi connectivity index (χ1v) is 26.2. The molecule has 2 aliphatic rings. The van der Waals surface area contributed by atoms with Gasteiger partial charge in [-0.15, -0.1) is 0 Å². The van der Waals surface area contributed by atoms with Gasteiger partial charge in [-0.05, 0) is 0 Å². The Morgan fingerprint density at radius 3 is 2.12 bits per heavy atom. The van der Waals surface area contributed by atoms with Crippen molar-refractivity contribution in [2.24, 2.45) is 0 Å². The molecule has 0 spiro atoms. The minimum absolute atomic E-state index is 0. The SMILES string of the molecule is CCCC1=Cc2c(-c3cccc4ccccc34)cccc2C1c1c2c(cc(C(C)(C)C)[c]1[Zr+2][SiH](C)C)-c1cc(C(C)(C)C)ccc1C2.[Cl-].[Cl-]. The quantitative estimate of drug-likeness (QED) is 0.191. The second kappa shape index (κ2) is 14.4. The summed E-state index contributed by atoms with van der Waals surface area (Å²) in [6, 6.07) is 33.0. The molecule has 7 rings (SSSR count). The number of fused-ring (bicyclic) bond motifs is 5. The molecule has 0 amide bonds. The minimum atomic E-state index is -0.763. The number of rotatable bonds is 6. The van der Waals surface area contributed by atoms with Crippen molar-refractivity contribution in [3.05, 3.63) is 129 Å². The summed E-state index contributed by atoms with van der Waals surface area (Å²) in [5.74, 6) is -0.417. The van der Waals surface area contributed by atoms with Crippen LogP contribution < -0.4 is 28.1 Å². The van der Waals surface area contributed by atoms with Crippen LogP contribution in [0.4, 0.5) is 0 Å². The van der Waals surface area contributed by atoms with Crippen LogP contribution in [0.1, 0.15) is 106 Å². The van der Waals surface area contributed by atoms with Crippen molar-refractivity contribution in [1.82, 2.24) is 0 Å². The van der Waals surface area contributed by atoms with Crippen LogP contribution in [0.25, 0.3) is 39.1 Å². The first kappa shape index (κ1) is 38.0. The van der Waals surface area contributed by atoms with Gasteiger partial charge in [-0.3, -0.25) is 0 Å². The summed E-state index contributed by atoms with van der Waals surface area (Å²) in [6.07, 6.45) is 6.01. The van der Waals surface area contributed by atoms with E-state index < -0.39 is 28.3 Å². The molecule has 0 N–H and O–H groups in total.